The summed E-state index contributed by atoms with van der Waals surface area (Å²) < 4.78 is 27.3. The molecule has 0 unspecified atom stereocenters. The van der Waals surface area contributed by atoms with Crippen molar-refractivity contribution < 1.29 is 18.0 Å². The number of hydrogen-bond acceptors (Lipinski definition) is 5. The van der Waals surface area contributed by atoms with E-state index in [1.807, 2.05) is 0 Å². The van der Waals surface area contributed by atoms with Crippen molar-refractivity contribution in [2.45, 2.75) is 4.90 Å². The predicted molar refractivity (Wildman–Crippen MR) is 99.1 cm³/mol. The highest BCUT2D eigenvalue weighted by atomic mass is 32.2. The number of nitrogens with zero attached hydrogens (tertiary/aromatic N) is 2. The monoisotopic (exact) mass is 379 g/mol. The fourth-order valence-corrected chi connectivity index (χ4v) is 3.83. The predicted octanol–water partition coefficient (Wildman–Crippen LogP) is 2.68. The molecule has 8 heteroatoms. The second kappa shape index (κ2) is 6.33. The van der Waals surface area contributed by atoms with E-state index in [1.54, 1.807) is 36.4 Å². The van der Waals surface area contributed by atoms with Gasteiger partial charge >= 0.3 is 0 Å². The van der Waals surface area contributed by atoms with E-state index in [1.165, 1.54) is 36.5 Å². The first-order valence-electron chi connectivity index (χ1n) is 7.99. The Morgan fingerprint density at radius 1 is 0.778 bits per heavy atom. The van der Waals surface area contributed by atoms with Crippen LogP contribution in [0.25, 0.3) is 0 Å². The molecule has 0 saturated carbocycles. The zero-order valence-corrected chi connectivity index (χ0v) is 14.7. The molecule has 1 aliphatic rings. The number of fused-ring (bicyclic) bond motifs is 1. The average Bonchev–Trinajstić information content (AvgIpc) is 2.93. The number of amides is 2. The molecule has 0 spiro atoms. The summed E-state index contributed by atoms with van der Waals surface area (Å²) in [5.74, 6) is -0.669. The molecule has 0 aliphatic carbocycles. The first-order valence-corrected chi connectivity index (χ1v) is 9.47. The Morgan fingerprint density at radius 3 is 1.93 bits per heavy atom. The SMILES string of the molecule is O=C1c2ccccc2C(=O)N1c1ccc(S(=O)(=O)Nc2ccccn2)cc1. The number of sulfonamides is 1. The van der Waals surface area contributed by atoms with Crippen molar-refractivity contribution in [3.8, 4) is 0 Å². The number of imide groups is 1. The van der Waals surface area contributed by atoms with E-state index in [0.29, 0.717) is 16.8 Å². The standard InChI is InChI=1S/C19H13N3O4S/c23-18-15-5-1-2-6-16(15)19(24)22(18)13-8-10-14(11-9-13)27(25,26)21-17-7-3-4-12-20-17/h1-12H,(H,20,21). The molecule has 1 aliphatic heterocycles. The number of pyridine rings is 1. The van der Waals surface area contributed by atoms with Crippen molar-refractivity contribution in [3.63, 3.8) is 0 Å². The lowest BCUT2D eigenvalue weighted by atomic mass is 10.1. The summed E-state index contributed by atoms with van der Waals surface area (Å²) in [6.07, 6.45) is 1.48. The number of carbonyl (C=O) groups is 2. The van der Waals surface area contributed by atoms with Crippen LogP contribution in [0.1, 0.15) is 20.7 Å². The minimum Gasteiger partial charge on any atom is -0.268 e. The van der Waals surface area contributed by atoms with Crippen LogP contribution in [0.15, 0.2) is 77.8 Å². The van der Waals surface area contributed by atoms with Gasteiger partial charge in [0, 0.05) is 6.20 Å². The van der Waals surface area contributed by atoms with E-state index in [-0.39, 0.29) is 10.7 Å². The molecule has 27 heavy (non-hydrogen) atoms. The van der Waals surface area contributed by atoms with Crippen LogP contribution < -0.4 is 9.62 Å². The van der Waals surface area contributed by atoms with Gasteiger partial charge in [0.05, 0.1) is 21.7 Å². The minimum absolute atomic E-state index is 0.00601. The number of rotatable bonds is 4. The van der Waals surface area contributed by atoms with Crippen LogP contribution in [0.4, 0.5) is 11.5 Å². The quantitative estimate of drug-likeness (QED) is 0.703. The number of anilines is 2. The zero-order valence-electron chi connectivity index (χ0n) is 13.9. The lowest BCUT2D eigenvalue weighted by molar-refractivity contribution is 0.0926. The third-order valence-corrected chi connectivity index (χ3v) is 5.47. The van der Waals surface area contributed by atoms with Gasteiger partial charge in [-0.3, -0.25) is 14.3 Å². The smallest absolute Gasteiger partial charge is 0.266 e. The Labute approximate surface area is 155 Å². The first kappa shape index (κ1) is 16.9. The Hall–Kier alpha value is -3.52. The second-order valence-corrected chi connectivity index (χ2v) is 7.49. The molecular formula is C19H13N3O4S. The molecule has 0 bridgehead atoms. The van der Waals surface area contributed by atoms with Crippen molar-refractivity contribution in [2.75, 3.05) is 9.62 Å². The van der Waals surface area contributed by atoms with Gasteiger partial charge in [-0.15, -0.1) is 0 Å². The van der Waals surface area contributed by atoms with Crippen LogP contribution in [-0.2, 0) is 10.0 Å². The van der Waals surface area contributed by atoms with E-state index in [4.69, 9.17) is 0 Å². The molecule has 2 amide bonds. The molecule has 0 fully saturated rings. The van der Waals surface area contributed by atoms with Crippen LogP contribution in [-0.4, -0.2) is 25.2 Å². The Morgan fingerprint density at radius 2 is 1.37 bits per heavy atom. The van der Waals surface area contributed by atoms with E-state index in [9.17, 15) is 18.0 Å². The summed E-state index contributed by atoms with van der Waals surface area (Å²) in [4.78, 5) is 29.9. The Bertz CT molecular complexity index is 1110. The highest BCUT2D eigenvalue weighted by molar-refractivity contribution is 7.92. The molecular weight excluding hydrogens is 366 g/mol. The Kier molecular flexibility index (Phi) is 3.97. The zero-order chi connectivity index (χ0) is 19.0. The fourth-order valence-electron chi connectivity index (χ4n) is 2.82. The van der Waals surface area contributed by atoms with Gasteiger partial charge in [0.25, 0.3) is 21.8 Å². The number of carbonyl (C=O) groups excluding carboxylic acids is 2. The number of hydrogen-bond donors (Lipinski definition) is 1. The van der Waals surface area contributed by atoms with Gasteiger partial charge in [0.15, 0.2) is 0 Å². The van der Waals surface area contributed by atoms with Crippen LogP contribution in [0.5, 0.6) is 0 Å². The molecule has 0 saturated heterocycles. The third-order valence-electron chi connectivity index (χ3n) is 4.10. The minimum atomic E-state index is -3.84. The molecule has 0 radical (unpaired) electrons. The first-order chi connectivity index (χ1) is 13.0. The number of nitrogens with one attached hydrogen (secondary N) is 1. The molecule has 2 aromatic carbocycles. The number of benzene rings is 2. The maximum Gasteiger partial charge on any atom is 0.266 e. The summed E-state index contributed by atoms with van der Waals surface area (Å²) in [6.45, 7) is 0. The largest absolute Gasteiger partial charge is 0.268 e. The third kappa shape index (κ3) is 2.96. The van der Waals surface area contributed by atoms with Gasteiger partial charge in [0.1, 0.15) is 5.82 Å². The van der Waals surface area contributed by atoms with Crippen LogP contribution >= 0.6 is 0 Å². The van der Waals surface area contributed by atoms with Crippen LogP contribution in [0.2, 0.25) is 0 Å². The van der Waals surface area contributed by atoms with Gasteiger partial charge in [-0.25, -0.2) is 18.3 Å². The fraction of sp³-hybridized carbons (Fsp3) is 0. The lowest BCUT2D eigenvalue weighted by Gasteiger charge is -2.14. The van der Waals surface area contributed by atoms with Crippen molar-refractivity contribution in [1.29, 1.82) is 0 Å². The summed E-state index contributed by atoms with van der Waals surface area (Å²) in [7, 11) is -3.84. The second-order valence-electron chi connectivity index (χ2n) is 5.81. The Balaban J connectivity index is 1.62. The summed E-state index contributed by atoms with van der Waals surface area (Å²) in [5, 5.41) is 0. The molecule has 1 N–H and O–H groups in total. The molecule has 134 valence electrons. The van der Waals surface area contributed by atoms with E-state index in [2.05, 4.69) is 9.71 Å². The van der Waals surface area contributed by atoms with Crippen molar-refractivity contribution in [3.05, 3.63) is 84.1 Å². The van der Waals surface area contributed by atoms with Crippen LogP contribution in [0.3, 0.4) is 0 Å². The van der Waals surface area contributed by atoms with E-state index >= 15 is 0 Å². The van der Waals surface area contributed by atoms with Gasteiger partial charge in [-0.2, -0.15) is 0 Å². The molecule has 0 atom stereocenters. The summed E-state index contributed by atoms with van der Waals surface area (Å²) in [6, 6.07) is 16.9. The van der Waals surface area contributed by atoms with Gasteiger partial charge < -0.3 is 0 Å². The van der Waals surface area contributed by atoms with E-state index < -0.39 is 21.8 Å². The summed E-state index contributed by atoms with van der Waals surface area (Å²) in [5.41, 5.74) is 0.963. The van der Waals surface area contributed by atoms with Crippen LogP contribution in [0, 0.1) is 0 Å². The normalized spacial score (nSPS) is 13.6. The van der Waals surface area contributed by atoms with Gasteiger partial charge in [-0.1, -0.05) is 18.2 Å². The van der Waals surface area contributed by atoms with E-state index in [0.717, 1.165) is 4.90 Å². The highest BCUT2D eigenvalue weighted by Crippen LogP contribution is 2.29. The highest BCUT2D eigenvalue weighted by Gasteiger charge is 2.36. The topological polar surface area (TPSA) is 96.4 Å². The number of aromatic nitrogens is 1. The van der Waals surface area contributed by atoms with Crippen molar-refractivity contribution in [1.82, 2.24) is 4.98 Å². The van der Waals surface area contributed by atoms with Crippen molar-refractivity contribution in [2.24, 2.45) is 0 Å². The lowest BCUT2D eigenvalue weighted by Crippen LogP contribution is -2.29. The summed E-state index contributed by atoms with van der Waals surface area (Å²) >= 11 is 0. The molecule has 1 aromatic heterocycles. The molecule has 3 aromatic rings. The maximum atomic E-state index is 12.5. The average molecular weight is 379 g/mol. The van der Waals surface area contributed by atoms with Gasteiger partial charge in [0.2, 0.25) is 0 Å². The van der Waals surface area contributed by atoms with Crippen molar-refractivity contribution >= 4 is 33.3 Å². The molecule has 4 rings (SSSR count). The maximum absolute atomic E-state index is 12.5. The molecule has 7 nitrogen and oxygen atoms in total. The molecule has 2 heterocycles. The van der Waals surface area contributed by atoms with Gasteiger partial charge in [-0.05, 0) is 48.5 Å².